The lowest BCUT2D eigenvalue weighted by molar-refractivity contribution is 0.689. The Morgan fingerprint density at radius 3 is 2.94 bits per heavy atom. The smallest absolute Gasteiger partial charge is 0.0697 e. The fourth-order valence-corrected chi connectivity index (χ4v) is 2.24. The first kappa shape index (κ1) is 11.5. The molecule has 3 rings (SSSR count). The summed E-state index contributed by atoms with van der Waals surface area (Å²) in [4.78, 5) is 0. The molecule has 1 saturated carbocycles. The largest absolute Gasteiger partial charge is 0.310 e. The van der Waals surface area contributed by atoms with Gasteiger partial charge in [-0.3, -0.25) is 5.10 Å². The molecule has 3 nitrogen and oxygen atoms in total. The molecule has 1 aliphatic rings. The number of H-pyrrole nitrogens is 1. The fourth-order valence-electron chi connectivity index (χ4n) is 2.24. The van der Waals surface area contributed by atoms with Crippen LogP contribution in [0.25, 0.3) is 11.3 Å². The second-order valence-corrected chi connectivity index (χ2v) is 5.17. The highest BCUT2D eigenvalue weighted by Gasteiger charge is 2.21. The van der Waals surface area contributed by atoms with E-state index in [1.165, 1.54) is 35.1 Å². The van der Waals surface area contributed by atoms with Gasteiger partial charge in [-0.15, -0.1) is 0 Å². The summed E-state index contributed by atoms with van der Waals surface area (Å²) < 4.78 is 0. The van der Waals surface area contributed by atoms with E-state index in [2.05, 4.69) is 47.6 Å². The molecule has 0 radical (unpaired) electrons. The molecule has 94 valence electrons. The lowest BCUT2D eigenvalue weighted by Crippen LogP contribution is -2.15. The van der Waals surface area contributed by atoms with Gasteiger partial charge in [-0.05, 0) is 37.8 Å². The van der Waals surface area contributed by atoms with Crippen LogP contribution in [0.15, 0.2) is 24.4 Å². The minimum Gasteiger partial charge on any atom is -0.310 e. The molecule has 0 unspecified atom stereocenters. The number of rotatable bonds is 4. The summed E-state index contributed by atoms with van der Waals surface area (Å²) in [6.45, 7) is 5.23. The number of aromatic amines is 1. The number of nitrogens with zero attached hydrogens (tertiary/aromatic N) is 1. The quantitative estimate of drug-likeness (QED) is 0.864. The van der Waals surface area contributed by atoms with Crippen molar-refractivity contribution in [1.29, 1.82) is 0 Å². The number of nitrogens with one attached hydrogen (secondary N) is 2. The first-order chi connectivity index (χ1) is 8.75. The van der Waals surface area contributed by atoms with Crippen LogP contribution in [0.2, 0.25) is 0 Å². The van der Waals surface area contributed by atoms with Gasteiger partial charge >= 0.3 is 0 Å². The van der Waals surface area contributed by atoms with Crippen LogP contribution in [-0.2, 0) is 6.54 Å². The molecule has 1 aromatic heterocycles. The minimum atomic E-state index is 0.728. The van der Waals surface area contributed by atoms with Gasteiger partial charge in [-0.1, -0.05) is 18.2 Å². The average molecular weight is 241 g/mol. The van der Waals surface area contributed by atoms with Crippen molar-refractivity contribution < 1.29 is 0 Å². The number of hydrogen-bond donors (Lipinski definition) is 2. The monoisotopic (exact) mass is 241 g/mol. The van der Waals surface area contributed by atoms with Gasteiger partial charge in [0.15, 0.2) is 0 Å². The number of aryl methyl sites for hydroxylation is 1. The topological polar surface area (TPSA) is 40.7 Å². The molecule has 0 bridgehead atoms. The molecule has 1 fully saturated rings. The zero-order valence-corrected chi connectivity index (χ0v) is 11.0. The SMILES string of the molecule is Cc1cccc(-c2[nH]ncc2CNC2CC2)c1C. The van der Waals surface area contributed by atoms with E-state index in [4.69, 9.17) is 0 Å². The van der Waals surface area contributed by atoms with Crippen LogP contribution in [-0.4, -0.2) is 16.2 Å². The Morgan fingerprint density at radius 1 is 1.33 bits per heavy atom. The van der Waals surface area contributed by atoms with Gasteiger partial charge in [0.2, 0.25) is 0 Å². The zero-order chi connectivity index (χ0) is 12.5. The number of hydrogen-bond acceptors (Lipinski definition) is 2. The van der Waals surface area contributed by atoms with E-state index in [0.29, 0.717) is 0 Å². The van der Waals surface area contributed by atoms with Crippen LogP contribution in [0.1, 0.15) is 29.5 Å². The van der Waals surface area contributed by atoms with Crippen molar-refractivity contribution in [2.45, 2.75) is 39.3 Å². The van der Waals surface area contributed by atoms with Gasteiger partial charge in [0.1, 0.15) is 0 Å². The first-order valence-corrected chi connectivity index (χ1v) is 6.58. The van der Waals surface area contributed by atoms with E-state index in [1.807, 2.05) is 6.20 Å². The molecule has 3 heteroatoms. The Bertz CT molecular complexity index is 553. The van der Waals surface area contributed by atoms with Crippen molar-refractivity contribution in [3.63, 3.8) is 0 Å². The van der Waals surface area contributed by atoms with Crippen LogP contribution in [0.4, 0.5) is 0 Å². The van der Waals surface area contributed by atoms with E-state index in [-0.39, 0.29) is 0 Å². The molecule has 18 heavy (non-hydrogen) atoms. The van der Waals surface area contributed by atoms with Gasteiger partial charge in [0.25, 0.3) is 0 Å². The van der Waals surface area contributed by atoms with E-state index < -0.39 is 0 Å². The van der Waals surface area contributed by atoms with E-state index in [0.717, 1.165) is 18.3 Å². The predicted molar refractivity (Wildman–Crippen MR) is 73.4 cm³/mol. The lowest BCUT2D eigenvalue weighted by Gasteiger charge is -2.09. The van der Waals surface area contributed by atoms with Crippen LogP contribution < -0.4 is 5.32 Å². The van der Waals surface area contributed by atoms with Crippen molar-refractivity contribution in [2.75, 3.05) is 0 Å². The Morgan fingerprint density at radius 2 is 2.17 bits per heavy atom. The Labute approximate surface area is 108 Å². The van der Waals surface area contributed by atoms with Crippen LogP contribution in [0, 0.1) is 13.8 Å². The maximum atomic E-state index is 4.20. The molecule has 0 saturated heterocycles. The summed E-state index contributed by atoms with van der Waals surface area (Å²) in [6.07, 6.45) is 4.57. The highest BCUT2D eigenvalue weighted by atomic mass is 15.1. The van der Waals surface area contributed by atoms with Gasteiger partial charge in [-0.2, -0.15) is 5.10 Å². The zero-order valence-electron chi connectivity index (χ0n) is 11.0. The Kier molecular flexibility index (Phi) is 2.92. The molecular weight excluding hydrogens is 222 g/mol. The Balaban J connectivity index is 1.90. The van der Waals surface area contributed by atoms with Crippen molar-refractivity contribution in [3.8, 4) is 11.3 Å². The van der Waals surface area contributed by atoms with Gasteiger partial charge in [0, 0.05) is 23.7 Å². The third-order valence-corrected chi connectivity index (χ3v) is 3.75. The highest BCUT2D eigenvalue weighted by Crippen LogP contribution is 2.27. The maximum absolute atomic E-state index is 4.20. The predicted octanol–water partition coefficient (Wildman–Crippen LogP) is 2.95. The standard InChI is InChI=1S/C15H19N3/c1-10-4-3-5-14(11(10)2)15-12(9-17-18-15)8-16-13-6-7-13/h3-5,9,13,16H,6-8H2,1-2H3,(H,17,18). The average Bonchev–Trinajstić information content (AvgIpc) is 3.08. The number of aromatic nitrogens is 2. The van der Waals surface area contributed by atoms with Crippen molar-refractivity contribution in [2.24, 2.45) is 0 Å². The number of benzene rings is 1. The molecule has 0 aliphatic heterocycles. The molecule has 1 heterocycles. The molecule has 0 atom stereocenters. The van der Waals surface area contributed by atoms with Crippen LogP contribution in [0.5, 0.6) is 0 Å². The molecule has 1 aromatic carbocycles. The van der Waals surface area contributed by atoms with E-state index in [9.17, 15) is 0 Å². The van der Waals surface area contributed by atoms with Crippen molar-refractivity contribution in [1.82, 2.24) is 15.5 Å². The van der Waals surface area contributed by atoms with Gasteiger partial charge < -0.3 is 5.32 Å². The van der Waals surface area contributed by atoms with Crippen molar-refractivity contribution >= 4 is 0 Å². The van der Waals surface area contributed by atoms with Crippen molar-refractivity contribution in [3.05, 3.63) is 41.1 Å². The van der Waals surface area contributed by atoms with Crippen LogP contribution >= 0.6 is 0 Å². The first-order valence-electron chi connectivity index (χ1n) is 6.58. The molecule has 0 amide bonds. The summed E-state index contributed by atoms with van der Waals surface area (Å²) in [5.74, 6) is 0. The fraction of sp³-hybridized carbons (Fsp3) is 0.400. The van der Waals surface area contributed by atoms with Gasteiger partial charge in [0.05, 0.1) is 11.9 Å². The molecular formula is C15H19N3. The Hall–Kier alpha value is -1.61. The second-order valence-electron chi connectivity index (χ2n) is 5.17. The molecule has 2 N–H and O–H groups in total. The second kappa shape index (κ2) is 4.58. The van der Waals surface area contributed by atoms with Gasteiger partial charge in [-0.25, -0.2) is 0 Å². The lowest BCUT2D eigenvalue weighted by atomic mass is 9.99. The summed E-state index contributed by atoms with van der Waals surface area (Å²) in [5.41, 5.74) is 6.33. The third-order valence-electron chi connectivity index (χ3n) is 3.75. The molecule has 0 spiro atoms. The highest BCUT2D eigenvalue weighted by molar-refractivity contribution is 5.67. The van der Waals surface area contributed by atoms with E-state index in [1.54, 1.807) is 0 Å². The summed E-state index contributed by atoms with van der Waals surface area (Å²) in [5, 5.41) is 10.9. The maximum Gasteiger partial charge on any atom is 0.0697 e. The van der Waals surface area contributed by atoms with Crippen LogP contribution in [0.3, 0.4) is 0 Å². The van der Waals surface area contributed by atoms with E-state index >= 15 is 0 Å². The summed E-state index contributed by atoms with van der Waals surface area (Å²) in [7, 11) is 0. The molecule has 2 aromatic rings. The third kappa shape index (κ3) is 2.18. The summed E-state index contributed by atoms with van der Waals surface area (Å²) in [6, 6.07) is 7.15. The minimum absolute atomic E-state index is 0.728. The molecule has 1 aliphatic carbocycles. The summed E-state index contributed by atoms with van der Waals surface area (Å²) >= 11 is 0. The normalized spacial score (nSPS) is 15.0.